The number of benzene rings is 1. The summed E-state index contributed by atoms with van der Waals surface area (Å²) in [5.74, 6) is -3.18. The van der Waals surface area contributed by atoms with Crippen molar-refractivity contribution in [2.45, 2.75) is 25.8 Å². The van der Waals surface area contributed by atoms with E-state index in [4.69, 9.17) is 5.11 Å². The number of aliphatic carboxylic acids is 1. The van der Waals surface area contributed by atoms with E-state index in [1.807, 2.05) is 0 Å². The lowest BCUT2D eigenvalue weighted by Crippen LogP contribution is -2.43. The van der Waals surface area contributed by atoms with Crippen LogP contribution in [0.15, 0.2) is 18.2 Å². The van der Waals surface area contributed by atoms with Gasteiger partial charge in [0.2, 0.25) is 0 Å². The lowest BCUT2D eigenvalue weighted by molar-refractivity contribution is -0.141. The van der Waals surface area contributed by atoms with E-state index in [-0.39, 0.29) is 12.1 Å². The Labute approximate surface area is 92.1 Å². The number of hydrogen-bond donors (Lipinski definition) is 2. The molecule has 0 heterocycles. The highest BCUT2D eigenvalue weighted by molar-refractivity contribution is 5.82. The maximum atomic E-state index is 13.3. The molecule has 0 amide bonds. The zero-order chi connectivity index (χ0) is 12.3. The number of carboxylic acids is 1. The Morgan fingerprint density at radius 3 is 2.62 bits per heavy atom. The van der Waals surface area contributed by atoms with Crippen molar-refractivity contribution in [1.29, 1.82) is 0 Å². The summed E-state index contributed by atoms with van der Waals surface area (Å²) < 4.78 is 26.2. The highest BCUT2D eigenvalue weighted by Gasteiger charge is 2.31. The van der Waals surface area contributed by atoms with Crippen LogP contribution in [0.5, 0.6) is 0 Å². The Morgan fingerprint density at radius 1 is 1.50 bits per heavy atom. The second-order valence-electron chi connectivity index (χ2n) is 3.72. The monoisotopic (exact) mass is 229 g/mol. The number of carboxylic acid groups (broad SMARTS) is 1. The fourth-order valence-corrected chi connectivity index (χ4v) is 1.19. The average molecular weight is 229 g/mol. The molecule has 0 aliphatic carbocycles. The van der Waals surface area contributed by atoms with Crippen LogP contribution in [0.4, 0.5) is 14.5 Å². The Bertz CT molecular complexity index is 409. The van der Waals surface area contributed by atoms with Gasteiger partial charge in [-0.15, -0.1) is 0 Å². The molecule has 0 saturated carbocycles. The molecule has 0 bridgehead atoms. The first-order valence-electron chi connectivity index (χ1n) is 4.86. The Morgan fingerprint density at radius 2 is 2.12 bits per heavy atom. The number of nitrogens with one attached hydrogen (secondary N) is 1. The first-order chi connectivity index (χ1) is 7.40. The van der Waals surface area contributed by atoms with E-state index in [1.54, 1.807) is 6.92 Å². The van der Waals surface area contributed by atoms with Crippen LogP contribution >= 0.6 is 0 Å². The quantitative estimate of drug-likeness (QED) is 0.834. The Hall–Kier alpha value is -1.65. The molecule has 0 aliphatic heterocycles. The highest BCUT2D eigenvalue weighted by atomic mass is 19.2. The minimum atomic E-state index is -1.31. The molecule has 0 spiro atoms. The molecule has 0 radical (unpaired) electrons. The predicted octanol–water partition coefficient (Wildman–Crippen LogP) is 2.63. The van der Waals surface area contributed by atoms with Crippen molar-refractivity contribution in [2.75, 3.05) is 5.32 Å². The van der Waals surface area contributed by atoms with Crippen molar-refractivity contribution in [1.82, 2.24) is 0 Å². The van der Waals surface area contributed by atoms with Crippen LogP contribution in [0.2, 0.25) is 0 Å². The van der Waals surface area contributed by atoms with E-state index >= 15 is 0 Å². The number of hydrogen-bond acceptors (Lipinski definition) is 2. The van der Waals surface area contributed by atoms with E-state index in [1.165, 1.54) is 19.1 Å². The van der Waals surface area contributed by atoms with Gasteiger partial charge in [-0.05, 0) is 25.5 Å². The molecule has 3 nitrogen and oxygen atoms in total. The first kappa shape index (κ1) is 12.4. The summed E-state index contributed by atoms with van der Waals surface area (Å²) in [5.41, 5.74) is -1.46. The lowest BCUT2D eigenvalue weighted by Gasteiger charge is -2.26. The molecule has 1 aromatic rings. The molecule has 5 heteroatoms. The molecular weight excluding hydrogens is 216 g/mol. The average Bonchev–Trinajstić information content (AvgIpc) is 2.24. The molecule has 1 unspecified atom stereocenters. The van der Waals surface area contributed by atoms with E-state index in [9.17, 15) is 13.6 Å². The summed E-state index contributed by atoms with van der Waals surface area (Å²) in [6.07, 6.45) is 0.248. The van der Waals surface area contributed by atoms with Crippen LogP contribution < -0.4 is 5.32 Å². The number of halogens is 2. The third-order valence-corrected chi connectivity index (χ3v) is 2.54. The van der Waals surface area contributed by atoms with Crippen LogP contribution in [0.1, 0.15) is 20.3 Å². The number of rotatable bonds is 4. The topological polar surface area (TPSA) is 49.3 Å². The van der Waals surface area contributed by atoms with Gasteiger partial charge in [0.15, 0.2) is 11.6 Å². The van der Waals surface area contributed by atoms with Gasteiger partial charge in [0.1, 0.15) is 5.54 Å². The molecule has 0 saturated heterocycles. The second-order valence-corrected chi connectivity index (χ2v) is 3.72. The minimum absolute atomic E-state index is 0.147. The highest BCUT2D eigenvalue weighted by Crippen LogP contribution is 2.23. The Kier molecular flexibility index (Phi) is 3.47. The van der Waals surface area contributed by atoms with Gasteiger partial charge in [0.05, 0.1) is 5.69 Å². The van der Waals surface area contributed by atoms with Gasteiger partial charge >= 0.3 is 5.97 Å². The number of carbonyl (C=O) groups is 1. The van der Waals surface area contributed by atoms with Crippen molar-refractivity contribution in [3.05, 3.63) is 29.8 Å². The van der Waals surface area contributed by atoms with Crippen molar-refractivity contribution < 1.29 is 18.7 Å². The molecule has 0 aliphatic rings. The summed E-state index contributed by atoms with van der Waals surface area (Å²) in [7, 11) is 0. The van der Waals surface area contributed by atoms with E-state index < -0.39 is 23.1 Å². The van der Waals surface area contributed by atoms with Gasteiger partial charge in [-0.25, -0.2) is 13.6 Å². The first-order valence-corrected chi connectivity index (χ1v) is 4.86. The summed E-state index contributed by atoms with van der Waals surface area (Å²) in [4.78, 5) is 11.0. The van der Waals surface area contributed by atoms with Gasteiger partial charge in [0, 0.05) is 0 Å². The molecule has 0 fully saturated rings. The molecule has 2 N–H and O–H groups in total. The van der Waals surface area contributed by atoms with Gasteiger partial charge in [0.25, 0.3) is 0 Å². The number of anilines is 1. The predicted molar refractivity (Wildman–Crippen MR) is 56.3 cm³/mol. The summed E-state index contributed by atoms with van der Waals surface area (Å²) in [6.45, 7) is 3.07. The molecular formula is C11H13F2NO2. The standard InChI is InChI=1S/C11H13F2NO2/c1-3-11(2,10(15)16)14-8-6-4-5-7(12)9(8)13/h4-6,14H,3H2,1-2H3,(H,15,16). The third-order valence-electron chi connectivity index (χ3n) is 2.54. The van der Waals surface area contributed by atoms with Crippen molar-refractivity contribution >= 4 is 11.7 Å². The van der Waals surface area contributed by atoms with Crippen LogP contribution in [0.3, 0.4) is 0 Å². The van der Waals surface area contributed by atoms with Crippen molar-refractivity contribution in [3.8, 4) is 0 Å². The maximum Gasteiger partial charge on any atom is 0.329 e. The summed E-state index contributed by atoms with van der Waals surface area (Å²) in [5, 5.41) is 11.5. The fourth-order valence-electron chi connectivity index (χ4n) is 1.19. The van der Waals surface area contributed by atoms with Crippen LogP contribution in [0, 0.1) is 11.6 Å². The zero-order valence-electron chi connectivity index (χ0n) is 9.05. The van der Waals surface area contributed by atoms with Crippen molar-refractivity contribution in [2.24, 2.45) is 0 Å². The second kappa shape index (κ2) is 4.47. The van der Waals surface area contributed by atoms with Gasteiger partial charge in [-0.3, -0.25) is 0 Å². The van der Waals surface area contributed by atoms with Gasteiger partial charge < -0.3 is 10.4 Å². The molecule has 88 valence electrons. The SMILES string of the molecule is CCC(C)(Nc1cccc(F)c1F)C(=O)O. The molecule has 1 atom stereocenters. The van der Waals surface area contributed by atoms with Crippen LogP contribution in [-0.4, -0.2) is 16.6 Å². The normalized spacial score (nSPS) is 14.2. The van der Waals surface area contributed by atoms with Crippen LogP contribution in [-0.2, 0) is 4.79 Å². The molecule has 0 aromatic heterocycles. The largest absolute Gasteiger partial charge is 0.480 e. The summed E-state index contributed by atoms with van der Waals surface area (Å²) >= 11 is 0. The van der Waals surface area contributed by atoms with E-state index in [0.29, 0.717) is 0 Å². The molecule has 1 aromatic carbocycles. The van der Waals surface area contributed by atoms with E-state index in [0.717, 1.165) is 6.07 Å². The zero-order valence-corrected chi connectivity index (χ0v) is 9.05. The maximum absolute atomic E-state index is 13.3. The third kappa shape index (κ3) is 2.29. The minimum Gasteiger partial charge on any atom is -0.480 e. The Balaban J connectivity index is 3.04. The van der Waals surface area contributed by atoms with Gasteiger partial charge in [-0.2, -0.15) is 0 Å². The molecule has 1 rings (SSSR count). The lowest BCUT2D eigenvalue weighted by atomic mass is 9.98. The molecule has 16 heavy (non-hydrogen) atoms. The van der Waals surface area contributed by atoms with Crippen LogP contribution in [0.25, 0.3) is 0 Å². The van der Waals surface area contributed by atoms with E-state index in [2.05, 4.69) is 5.32 Å². The smallest absolute Gasteiger partial charge is 0.329 e. The van der Waals surface area contributed by atoms with Crippen molar-refractivity contribution in [3.63, 3.8) is 0 Å². The fraction of sp³-hybridized carbons (Fsp3) is 0.364. The van der Waals surface area contributed by atoms with Gasteiger partial charge in [-0.1, -0.05) is 13.0 Å². The summed E-state index contributed by atoms with van der Waals surface area (Å²) in [6, 6.07) is 3.60.